The summed E-state index contributed by atoms with van der Waals surface area (Å²) in [4.78, 5) is 15.5. The second kappa shape index (κ2) is 9.69. The van der Waals surface area contributed by atoms with E-state index in [1.165, 1.54) is 22.5 Å². The van der Waals surface area contributed by atoms with Gasteiger partial charge in [-0.05, 0) is 62.5 Å². The Bertz CT molecular complexity index is 1020. The lowest BCUT2D eigenvalue weighted by molar-refractivity contribution is 0.0938. The van der Waals surface area contributed by atoms with Gasteiger partial charge in [-0.15, -0.1) is 0 Å². The number of hydrogen-bond donors (Lipinski definition) is 1. The van der Waals surface area contributed by atoms with Crippen LogP contribution in [0.4, 0.5) is 0 Å². The van der Waals surface area contributed by atoms with Gasteiger partial charge in [-0.2, -0.15) is 4.31 Å². The molecule has 2 aliphatic heterocycles. The first-order chi connectivity index (χ1) is 15.0. The van der Waals surface area contributed by atoms with Gasteiger partial charge in [0.2, 0.25) is 10.0 Å². The van der Waals surface area contributed by atoms with Crippen LogP contribution in [0.2, 0.25) is 5.02 Å². The molecule has 2 heterocycles. The van der Waals surface area contributed by atoms with Crippen LogP contribution in [0.1, 0.15) is 47.6 Å². The molecule has 1 unspecified atom stereocenters. The van der Waals surface area contributed by atoms with Crippen LogP contribution in [-0.4, -0.2) is 56.3 Å². The summed E-state index contributed by atoms with van der Waals surface area (Å²) in [5, 5.41) is 3.24. The Morgan fingerprint density at radius 2 is 1.61 bits per heavy atom. The zero-order valence-electron chi connectivity index (χ0n) is 17.5. The largest absolute Gasteiger partial charge is 0.350 e. The molecule has 8 heteroatoms. The molecule has 166 valence electrons. The number of hydrogen-bond acceptors (Lipinski definition) is 4. The molecule has 6 nitrogen and oxygen atoms in total. The molecule has 1 atom stereocenters. The van der Waals surface area contributed by atoms with Crippen molar-refractivity contribution in [3.8, 4) is 0 Å². The highest BCUT2D eigenvalue weighted by atomic mass is 35.5. The number of sulfonamides is 1. The second-order valence-corrected chi connectivity index (χ2v) is 10.5. The number of halogens is 1. The monoisotopic (exact) mass is 461 g/mol. The van der Waals surface area contributed by atoms with Gasteiger partial charge in [0.15, 0.2) is 0 Å². The first-order valence-electron chi connectivity index (χ1n) is 10.8. The molecule has 0 aromatic heterocycles. The minimum Gasteiger partial charge on any atom is -0.350 e. The summed E-state index contributed by atoms with van der Waals surface area (Å²) in [5.41, 5.74) is 1.34. The average molecular weight is 462 g/mol. The Morgan fingerprint density at radius 1 is 0.968 bits per heavy atom. The summed E-state index contributed by atoms with van der Waals surface area (Å²) in [6.45, 7) is 3.46. The third-order valence-electron chi connectivity index (χ3n) is 6.11. The molecule has 0 radical (unpaired) electrons. The molecule has 2 aromatic carbocycles. The van der Waals surface area contributed by atoms with E-state index in [2.05, 4.69) is 22.3 Å². The third kappa shape index (κ3) is 4.95. The quantitative estimate of drug-likeness (QED) is 0.682. The lowest BCUT2D eigenvalue weighted by atomic mass is 10.1. The molecule has 2 aliphatic rings. The van der Waals surface area contributed by atoms with Gasteiger partial charge >= 0.3 is 0 Å². The minimum absolute atomic E-state index is 0.0722. The Morgan fingerprint density at radius 3 is 2.29 bits per heavy atom. The summed E-state index contributed by atoms with van der Waals surface area (Å²) >= 11 is 6.28. The Kier molecular flexibility index (Phi) is 6.96. The number of benzene rings is 2. The molecule has 0 bridgehead atoms. The summed E-state index contributed by atoms with van der Waals surface area (Å²) in [6, 6.07) is 14.6. The zero-order chi connectivity index (χ0) is 21.8. The summed E-state index contributed by atoms with van der Waals surface area (Å²) in [5.74, 6) is -0.358. The van der Waals surface area contributed by atoms with Crippen molar-refractivity contribution in [3.63, 3.8) is 0 Å². The summed E-state index contributed by atoms with van der Waals surface area (Å²) in [7, 11) is -3.61. The number of rotatable bonds is 7. The fraction of sp³-hybridized carbons (Fsp3) is 0.435. The maximum atomic E-state index is 13.0. The SMILES string of the molecule is O=C(NCC(c1ccccc1)N1CCCC1)c1cc(S(=O)(=O)N2CCCC2)ccc1Cl. The van der Waals surface area contributed by atoms with Gasteiger partial charge in [-0.1, -0.05) is 41.9 Å². The smallest absolute Gasteiger partial charge is 0.252 e. The van der Waals surface area contributed by atoms with Gasteiger partial charge in [0.05, 0.1) is 21.5 Å². The van der Waals surface area contributed by atoms with Crippen LogP contribution in [-0.2, 0) is 10.0 Å². The van der Waals surface area contributed by atoms with E-state index in [4.69, 9.17) is 11.6 Å². The first kappa shape index (κ1) is 22.3. The van der Waals surface area contributed by atoms with E-state index in [-0.39, 0.29) is 27.4 Å². The van der Waals surface area contributed by atoms with E-state index in [0.29, 0.717) is 19.6 Å². The molecule has 2 aromatic rings. The molecule has 1 N–H and O–H groups in total. The van der Waals surface area contributed by atoms with Crippen LogP contribution in [0.5, 0.6) is 0 Å². The highest BCUT2D eigenvalue weighted by molar-refractivity contribution is 7.89. The summed E-state index contributed by atoms with van der Waals surface area (Å²) < 4.78 is 27.2. The average Bonchev–Trinajstić information content (AvgIpc) is 3.50. The molecule has 1 amide bonds. The van der Waals surface area contributed by atoms with Crippen LogP contribution in [0, 0.1) is 0 Å². The maximum Gasteiger partial charge on any atom is 0.252 e. The van der Waals surface area contributed by atoms with Crippen molar-refractivity contribution in [3.05, 3.63) is 64.7 Å². The number of nitrogens with one attached hydrogen (secondary N) is 1. The predicted molar refractivity (Wildman–Crippen MR) is 122 cm³/mol. The number of carbonyl (C=O) groups is 1. The lowest BCUT2D eigenvalue weighted by Crippen LogP contribution is -2.37. The Labute approximate surface area is 189 Å². The normalized spacial score (nSPS) is 18.9. The molecule has 0 aliphatic carbocycles. The topological polar surface area (TPSA) is 69.7 Å². The van der Waals surface area contributed by atoms with Gasteiger partial charge in [0, 0.05) is 19.6 Å². The van der Waals surface area contributed by atoms with E-state index in [9.17, 15) is 13.2 Å². The van der Waals surface area contributed by atoms with Crippen LogP contribution in [0.15, 0.2) is 53.4 Å². The fourth-order valence-corrected chi connectivity index (χ4v) is 6.13. The van der Waals surface area contributed by atoms with Crippen LogP contribution >= 0.6 is 11.6 Å². The van der Waals surface area contributed by atoms with Crippen molar-refractivity contribution in [2.45, 2.75) is 36.6 Å². The van der Waals surface area contributed by atoms with E-state index in [0.717, 1.165) is 44.3 Å². The lowest BCUT2D eigenvalue weighted by Gasteiger charge is -2.28. The van der Waals surface area contributed by atoms with Crippen LogP contribution in [0.25, 0.3) is 0 Å². The molecule has 31 heavy (non-hydrogen) atoms. The van der Waals surface area contributed by atoms with E-state index < -0.39 is 10.0 Å². The highest BCUT2D eigenvalue weighted by Gasteiger charge is 2.29. The fourth-order valence-electron chi connectivity index (χ4n) is 4.39. The number of likely N-dealkylation sites (tertiary alicyclic amines) is 1. The molecular formula is C23H28ClN3O3S. The number of carbonyl (C=O) groups excluding carboxylic acids is 1. The van der Waals surface area contributed by atoms with Crippen LogP contribution in [0.3, 0.4) is 0 Å². The number of nitrogens with zero attached hydrogens (tertiary/aromatic N) is 2. The van der Waals surface area contributed by atoms with Gasteiger partial charge in [0.1, 0.15) is 0 Å². The van der Waals surface area contributed by atoms with Crippen molar-refractivity contribution < 1.29 is 13.2 Å². The van der Waals surface area contributed by atoms with Gasteiger partial charge < -0.3 is 5.32 Å². The second-order valence-electron chi connectivity index (χ2n) is 8.13. The van der Waals surface area contributed by atoms with Crippen molar-refractivity contribution in [2.24, 2.45) is 0 Å². The Balaban J connectivity index is 1.52. The van der Waals surface area contributed by atoms with E-state index in [1.54, 1.807) is 0 Å². The molecular weight excluding hydrogens is 434 g/mol. The van der Waals surface area contributed by atoms with Gasteiger partial charge in [-0.3, -0.25) is 9.69 Å². The Hall–Kier alpha value is -1.93. The number of amides is 1. The zero-order valence-corrected chi connectivity index (χ0v) is 19.0. The first-order valence-corrected chi connectivity index (χ1v) is 12.7. The molecule has 4 rings (SSSR count). The highest BCUT2D eigenvalue weighted by Crippen LogP contribution is 2.27. The van der Waals surface area contributed by atoms with Crippen molar-refractivity contribution in [2.75, 3.05) is 32.7 Å². The maximum absolute atomic E-state index is 13.0. The minimum atomic E-state index is -3.61. The molecule has 0 spiro atoms. The molecule has 0 saturated carbocycles. The van der Waals surface area contributed by atoms with Crippen molar-refractivity contribution in [1.82, 2.24) is 14.5 Å². The predicted octanol–water partition coefficient (Wildman–Crippen LogP) is 3.69. The third-order valence-corrected chi connectivity index (χ3v) is 8.33. The van der Waals surface area contributed by atoms with Gasteiger partial charge in [0.25, 0.3) is 5.91 Å². The van der Waals surface area contributed by atoms with Crippen LogP contribution < -0.4 is 5.32 Å². The standard InChI is InChI=1S/C23H28ClN3O3S/c24-21-11-10-19(31(29,30)27-14-6-7-15-27)16-20(21)23(28)25-17-22(26-12-4-5-13-26)18-8-2-1-3-9-18/h1-3,8-11,16,22H,4-7,12-15,17H2,(H,25,28). The summed E-state index contributed by atoms with van der Waals surface area (Å²) in [6.07, 6.45) is 4.02. The van der Waals surface area contributed by atoms with E-state index >= 15 is 0 Å². The molecule has 2 saturated heterocycles. The van der Waals surface area contributed by atoms with Crippen molar-refractivity contribution >= 4 is 27.5 Å². The molecule has 2 fully saturated rings. The van der Waals surface area contributed by atoms with E-state index in [1.807, 2.05) is 18.2 Å². The van der Waals surface area contributed by atoms with Gasteiger partial charge in [-0.25, -0.2) is 8.42 Å². The van der Waals surface area contributed by atoms with Crippen molar-refractivity contribution in [1.29, 1.82) is 0 Å².